The maximum atomic E-state index is 10.7. The minimum absolute atomic E-state index is 0.0116. The summed E-state index contributed by atoms with van der Waals surface area (Å²) < 4.78 is 0. The zero-order valence-electron chi connectivity index (χ0n) is 9.59. The molecule has 0 aliphatic rings. The molecule has 1 aromatic carbocycles. The summed E-state index contributed by atoms with van der Waals surface area (Å²) >= 11 is 1.41. The fourth-order valence-corrected chi connectivity index (χ4v) is 2.35. The van der Waals surface area contributed by atoms with Crippen LogP contribution in [0.15, 0.2) is 35.7 Å². The van der Waals surface area contributed by atoms with Crippen LogP contribution in [0.1, 0.15) is 20.8 Å². The molecule has 0 unspecified atom stereocenters. The van der Waals surface area contributed by atoms with Crippen molar-refractivity contribution in [2.45, 2.75) is 13.2 Å². The fourth-order valence-electron chi connectivity index (χ4n) is 1.55. The van der Waals surface area contributed by atoms with Gasteiger partial charge in [0.25, 0.3) is 0 Å². The summed E-state index contributed by atoms with van der Waals surface area (Å²) in [6.45, 7) is 0.588. The molecule has 0 aliphatic heterocycles. The van der Waals surface area contributed by atoms with Crippen molar-refractivity contribution >= 4 is 23.0 Å². The number of aromatic carboxylic acids is 1. The molecule has 0 atom stereocenters. The number of hydrogen-bond acceptors (Lipinski definition) is 4. The molecule has 2 aromatic rings. The number of benzene rings is 1. The van der Waals surface area contributed by atoms with Gasteiger partial charge in [0.1, 0.15) is 0 Å². The van der Waals surface area contributed by atoms with Gasteiger partial charge in [0.2, 0.25) is 0 Å². The van der Waals surface area contributed by atoms with Crippen LogP contribution in [0.4, 0.5) is 5.69 Å². The molecule has 0 saturated carbocycles. The summed E-state index contributed by atoms with van der Waals surface area (Å²) in [6, 6.07) is 9.15. The minimum atomic E-state index is -0.903. The largest absolute Gasteiger partial charge is 0.478 e. The highest BCUT2D eigenvalue weighted by atomic mass is 32.1. The lowest BCUT2D eigenvalue weighted by Crippen LogP contribution is -1.98. The molecule has 4 nitrogen and oxygen atoms in total. The van der Waals surface area contributed by atoms with Crippen molar-refractivity contribution < 1.29 is 15.0 Å². The third kappa shape index (κ3) is 3.09. The van der Waals surface area contributed by atoms with E-state index in [-0.39, 0.29) is 6.61 Å². The quantitative estimate of drug-likeness (QED) is 0.775. The maximum Gasteiger partial charge on any atom is 0.336 e. The van der Waals surface area contributed by atoms with Crippen LogP contribution >= 0.6 is 11.3 Å². The zero-order chi connectivity index (χ0) is 13.0. The number of aliphatic hydroxyl groups excluding tert-OH is 1. The predicted octanol–water partition coefficient (Wildman–Crippen LogP) is 2.55. The first-order valence-electron chi connectivity index (χ1n) is 5.43. The van der Waals surface area contributed by atoms with Crippen molar-refractivity contribution in [1.29, 1.82) is 0 Å². The lowest BCUT2D eigenvalue weighted by molar-refractivity contribution is 0.0697. The molecule has 3 N–H and O–H groups in total. The van der Waals surface area contributed by atoms with Crippen LogP contribution in [0.5, 0.6) is 0 Å². The number of thiophene rings is 1. The molecule has 0 fully saturated rings. The number of anilines is 1. The van der Waals surface area contributed by atoms with E-state index in [1.165, 1.54) is 11.3 Å². The summed E-state index contributed by atoms with van der Waals surface area (Å²) in [6.07, 6.45) is 0. The zero-order valence-corrected chi connectivity index (χ0v) is 10.4. The van der Waals surface area contributed by atoms with Gasteiger partial charge in [-0.2, -0.15) is 0 Å². The van der Waals surface area contributed by atoms with Gasteiger partial charge in [-0.3, -0.25) is 0 Å². The molecule has 1 heterocycles. The van der Waals surface area contributed by atoms with E-state index in [0.29, 0.717) is 12.1 Å². The molecule has 5 heteroatoms. The van der Waals surface area contributed by atoms with Crippen LogP contribution in [0.25, 0.3) is 0 Å². The van der Waals surface area contributed by atoms with E-state index in [0.717, 1.165) is 16.1 Å². The Hall–Kier alpha value is -1.85. The van der Waals surface area contributed by atoms with Crippen LogP contribution in [0.2, 0.25) is 0 Å². The van der Waals surface area contributed by atoms with Crippen molar-refractivity contribution in [3.63, 3.8) is 0 Å². The Morgan fingerprint density at radius 2 is 2.17 bits per heavy atom. The summed E-state index contributed by atoms with van der Waals surface area (Å²) in [7, 11) is 0. The molecule has 0 aliphatic carbocycles. The average Bonchev–Trinajstić information content (AvgIpc) is 2.85. The van der Waals surface area contributed by atoms with E-state index < -0.39 is 5.97 Å². The second-order valence-electron chi connectivity index (χ2n) is 3.82. The van der Waals surface area contributed by atoms with Gasteiger partial charge in [-0.25, -0.2) is 4.79 Å². The third-order valence-corrected chi connectivity index (χ3v) is 3.41. The van der Waals surface area contributed by atoms with Crippen LogP contribution in [-0.2, 0) is 13.2 Å². The van der Waals surface area contributed by atoms with Crippen molar-refractivity contribution in [1.82, 2.24) is 0 Å². The molecule has 1 aromatic heterocycles. The molecule has 0 amide bonds. The number of rotatable bonds is 5. The minimum Gasteiger partial charge on any atom is -0.478 e. The van der Waals surface area contributed by atoms with Gasteiger partial charge >= 0.3 is 5.97 Å². The van der Waals surface area contributed by atoms with Crippen molar-refractivity contribution in [3.05, 3.63) is 51.7 Å². The first-order valence-corrected chi connectivity index (χ1v) is 6.31. The lowest BCUT2D eigenvalue weighted by atomic mass is 10.2. The Kier molecular flexibility index (Phi) is 3.96. The SMILES string of the molecule is O=C(O)c1csc(CNc2cccc(CO)c2)c1. The maximum absolute atomic E-state index is 10.7. The molecule has 0 bridgehead atoms. The van der Waals surface area contributed by atoms with E-state index in [1.54, 1.807) is 11.4 Å². The number of hydrogen-bond donors (Lipinski definition) is 3. The average molecular weight is 263 g/mol. The second-order valence-corrected chi connectivity index (χ2v) is 4.81. The van der Waals surface area contributed by atoms with Gasteiger partial charge in [-0.1, -0.05) is 12.1 Å². The van der Waals surface area contributed by atoms with E-state index in [4.69, 9.17) is 10.2 Å². The number of carboxylic acid groups (broad SMARTS) is 1. The number of aliphatic hydroxyl groups is 1. The normalized spacial score (nSPS) is 10.3. The molecule has 0 spiro atoms. The van der Waals surface area contributed by atoms with Gasteiger partial charge in [-0.05, 0) is 23.8 Å². The van der Waals surface area contributed by atoms with E-state index >= 15 is 0 Å². The van der Waals surface area contributed by atoms with E-state index in [9.17, 15) is 4.79 Å². The van der Waals surface area contributed by atoms with Crippen LogP contribution < -0.4 is 5.32 Å². The third-order valence-electron chi connectivity index (χ3n) is 2.48. The molecule has 2 rings (SSSR count). The molecule has 0 saturated heterocycles. The van der Waals surface area contributed by atoms with Crippen molar-refractivity contribution in [2.75, 3.05) is 5.32 Å². The van der Waals surface area contributed by atoms with Gasteiger partial charge in [0, 0.05) is 22.5 Å². The Labute approximate surface area is 109 Å². The summed E-state index contributed by atoms with van der Waals surface area (Å²) in [5, 5.41) is 22.7. The molecule has 94 valence electrons. The summed E-state index contributed by atoms with van der Waals surface area (Å²) in [4.78, 5) is 11.7. The van der Waals surface area contributed by atoms with Crippen molar-refractivity contribution in [2.24, 2.45) is 0 Å². The molecule has 0 radical (unpaired) electrons. The van der Waals surface area contributed by atoms with E-state index in [2.05, 4.69) is 5.32 Å². The Balaban J connectivity index is 1.99. The second kappa shape index (κ2) is 5.66. The van der Waals surface area contributed by atoms with Crippen LogP contribution in [0, 0.1) is 0 Å². The van der Waals surface area contributed by atoms with E-state index in [1.807, 2.05) is 24.3 Å². The first-order chi connectivity index (χ1) is 8.69. The van der Waals surface area contributed by atoms with Crippen molar-refractivity contribution in [3.8, 4) is 0 Å². The smallest absolute Gasteiger partial charge is 0.336 e. The topological polar surface area (TPSA) is 69.6 Å². The van der Waals surface area contributed by atoms with Gasteiger partial charge in [0.15, 0.2) is 0 Å². The Morgan fingerprint density at radius 1 is 1.33 bits per heavy atom. The number of carbonyl (C=O) groups is 1. The molecular weight excluding hydrogens is 250 g/mol. The fraction of sp³-hybridized carbons (Fsp3) is 0.154. The predicted molar refractivity (Wildman–Crippen MR) is 71.0 cm³/mol. The Morgan fingerprint density at radius 3 is 2.83 bits per heavy atom. The summed E-state index contributed by atoms with van der Waals surface area (Å²) in [5.74, 6) is -0.903. The van der Waals surface area contributed by atoms with Gasteiger partial charge in [0.05, 0.1) is 12.2 Å². The molecule has 18 heavy (non-hydrogen) atoms. The monoisotopic (exact) mass is 263 g/mol. The van der Waals surface area contributed by atoms with Crippen LogP contribution in [0.3, 0.4) is 0 Å². The summed E-state index contributed by atoms with van der Waals surface area (Å²) in [5.41, 5.74) is 2.07. The highest BCUT2D eigenvalue weighted by Crippen LogP contribution is 2.17. The highest BCUT2D eigenvalue weighted by molar-refractivity contribution is 7.10. The number of nitrogens with one attached hydrogen (secondary N) is 1. The standard InChI is InChI=1S/C13H13NO3S/c15-7-9-2-1-3-11(4-9)14-6-12-5-10(8-18-12)13(16)17/h1-5,8,14-15H,6-7H2,(H,16,17). The number of carboxylic acids is 1. The lowest BCUT2D eigenvalue weighted by Gasteiger charge is -2.05. The first kappa shape index (κ1) is 12.6. The Bertz CT molecular complexity index is 551. The molecular formula is C13H13NO3S. The van der Waals surface area contributed by atoms with Gasteiger partial charge in [-0.15, -0.1) is 11.3 Å². The van der Waals surface area contributed by atoms with Gasteiger partial charge < -0.3 is 15.5 Å². The highest BCUT2D eigenvalue weighted by Gasteiger charge is 2.06. The van der Waals surface area contributed by atoms with Crippen LogP contribution in [-0.4, -0.2) is 16.2 Å².